The zero-order chi connectivity index (χ0) is 17.5. The van der Waals surface area contributed by atoms with E-state index in [1.807, 2.05) is 12.1 Å². The number of aromatic nitrogens is 1. The van der Waals surface area contributed by atoms with Crippen LogP contribution in [-0.4, -0.2) is 32.0 Å². The summed E-state index contributed by atoms with van der Waals surface area (Å²) in [6, 6.07) is 7.15. The summed E-state index contributed by atoms with van der Waals surface area (Å²) in [5.74, 6) is 0.168. The monoisotopic (exact) mass is 413 g/mol. The third kappa shape index (κ3) is 4.93. The molecule has 1 heterocycles. The van der Waals surface area contributed by atoms with Crippen LogP contribution in [0.4, 0.5) is 0 Å². The van der Waals surface area contributed by atoms with Crippen LogP contribution >= 0.6 is 27.5 Å². The number of aryl methyl sites for hydroxylation is 2. The molecule has 1 aromatic heterocycles. The summed E-state index contributed by atoms with van der Waals surface area (Å²) >= 11 is 9.52. The van der Waals surface area contributed by atoms with Crippen LogP contribution in [0.3, 0.4) is 0 Å². The van der Waals surface area contributed by atoms with Crippen LogP contribution in [0, 0.1) is 0 Å². The van der Waals surface area contributed by atoms with Crippen LogP contribution in [0.2, 0.25) is 5.15 Å². The topological polar surface area (TPSA) is 57.7 Å². The van der Waals surface area contributed by atoms with E-state index in [0.29, 0.717) is 29.3 Å². The van der Waals surface area contributed by atoms with Gasteiger partial charge < -0.3 is 14.2 Å². The van der Waals surface area contributed by atoms with Gasteiger partial charge in [0.05, 0.1) is 12.7 Å². The van der Waals surface area contributed by atoms with E-state index in [0.717, 1.165) is 15.6 Å². The number of carbonyl (C=O) groups excluding carboxylic acids is 1. The van der Waals surface area contributed by atoms with Crippen LogP contribution < -0.4 is 4.74 Å². The smallest absolute Gasteiger partial charge is 0.337 e. The molecule has 0 amide bonds. The standard InChI is InChI=1S/C17H17BrClNO4/c1-22-10-24-15-8-13(17(21)23-2)6-4-11(15)3-5-12-7-14(18)9-20-16(12)19/h4,6-9H,3,5,10H2,1-2H3. The van der Waals surface area contributed by atoms with E-state index in [2.05, 4.69) is 20.9 Å². The fourth-order valence-electron chi connectivity index (χ4n) is 2.17. The molecule has 0 fully saturated rings. The third-order valence-electron chi connectivity index (χ3n) is 3.36. The van der Waals surface area contributed by atoms with E-state index in [1.165, 1.54) is 14.2 Å². The second-order valence-electron chi connectivity index (χ2n) is 4.97. The van der Waals surface area contributed by atoms with Gasteiger partial charge in [0.25, 0.3) is 0 Å². The Bertz CT molecular complexity index is 724. The van der Waals surface area contributed by atoms with E-state index >= 15 is 0 Å². The maximum Gasteiger partial charge on any atom is 0.337 e. The van der Waals surface area contributed by atoms with Crippen molar-refractivity contribution in [2.45, 2.75) is 12.8 Å². The molecule has 0 aliphatic carbocycles. The van der Waals surface area contributed by atoms with Crippen molar-refractivity contribution in [3.8, 4) is 5.75 Å². The molecule has 0 aliphatic heterocycles. The number of esters is 1. The Morgan fingerprint density at radius 1 is 1.21 bits per heavy atom. The average molecular weight is 415 g/mol. The van der Waals surface area contributed by atoms with Crippen LogP contribution in [0.1, 0.15) is 21.5 Å². The maximum atomic E-state index is 11.7. The highest BCUT2D eigenvalue weighted by Gasteiger charge is 2.12. The number of benzene rings is 1. The number of hydrogen-bond acceptors (Lipinski definition) is 5. The lowest BCUT2D eigenvalue weighted by molar-refractivity contribution is 0.0497. The lowest BCUT2D eigenvalue weighted by atomic mass is 10.0. The number of halogens is 2. The fraction of sp³-hybridized carbons (Fsp3) is 0.294. The SMILES string of the molecule is COCOc1cc(C(=O)OC)ccc1CCc1cc(Br)cnc1Cl. The normalized spacial score (nSPS) is 10.5. The molecule has 128 valence electrons. The van der Waals surface area contributed by atoms with Crippen molar-refractivity contribution in [3.05, 3.63) is 56.8 Å². The van der Waals surface area contributed by atoms with E-state index in [-0.39, 0.29) is 6.79 Å². The van der Waals surface area contributed by atoms with Gasteiger partial charge in [-0.05, 0) is 58.1 Å². The summed E-state index contributed by atoms with van der Waals surface area (Å²) in [5.41, 5.74) is 2.30. The zero-order valence-electron chi connectivity index (χ0n) is 13.3. The molecule has 24 heavy (non-hydrogen) atoms. The van der Waals surface area contributed by atoms with E-state index in [9.17, 15) is 4.79 Å². The molecular formula is C17H17BrClNO4. The van der Waals surface area contributed by atoms with Crippen LogP contribution in [-0.2, 0) is 22.3 Å². The number of nitrogens with zero attached hydrogens (tertiary/aromatic N) is 1. The molecule has 2 aromatic rings. The Hall–Kier alpha value is -1.63. The van der Waals surface area contributed by atoms with Crippen molar-refractivity contribution in [1.29, 1.82) is 0 Å². The number of carbonyl (C=O) groups is 1. The minimum Gasteiger partial charge on any atom is -0.467 e. The highest BCUT2D eigenvalue weighted by Crippen LogP contribution is 2.25. The Morgan fingerprint density at radius 2 is 1.96 bits per heavy atom. The van der Waals surface area contributed by atoms with Gasteiger partial charge in [0.1, 0.15) is 10.9 Å². The molecule has 1 aromatic carbocycles. The molecule has 0 unspecified atom stereocenters. The second-order valence-corrected chi connectivity index (χ2v) is 6.24. The molecular weight excluding hydrogens is 398 g/mol. The molecule has 0 saturated heterocycles. The van der Waals surface area contributed by atoms with Crippen molar-refractivity contribution in [3.63, 3.8) is 0 Å². The van der Waals surface area contributed by atoms with E-state index < -0.39 is 5.97 Å². The minimum atomic E-state index is -0.414. The lowest BCUT2D eigenvalue weighted by Crippen LogP contribution is -2.06. The minimum absolute atomic E-state index is 0.0941. The first kappa shape index (κ1) is 18.7. The molecule has 0 spiro atoms. The lowest BCUT2D eigenvalue weighted by Gasteiger charge is -2.13. The summed E-state index contributed by atoms with van der Waals surface area (Å²) in [4.78, 5) is 15.8. The fourth-order valence-corrected chi connectivity index (χ4v) is 2.75. The Morgan fingerprint density at radius 3 is 2.67 bits per heavy atom. The molecule has 0 saturated carbocycles. The van der Waals surface area contributed by atoms with Gasteiger partial charge in [-0.2, -0.15) is 0 Å². The first-order valence-corrected chi connectivity index (χ1v) is 8.35. The van der Waals surface area contributed by atoms with Crippen molar-refractivity contribution < 1.29 is 19.0 Å². The van der Waals surface area contributed by atoms with Gasteiger partial charge in [0, 0.05) is 17.8 Å². The van der Waals surface area contributed by atoms with Crippen molar-refractivity contribution in [1.82, 2.24) is 4.98 Å². The number of rotatable bonds is 7. The summed E-state index contributed by atoms with van der Waals surface area (Å²) in [7, 11) is 2.88. The van der Waals surface area contributed by atoms with Gasteiger partial charge in [0.15, 0.2) is 6.79 Å². The summed E-state index contributed by atoms with van der Waals surface area (Å²) in [5, 5.41) is 0.476. The third-order valence-corrected chi connectivity index (χ3v) is 4.14. The molecule has 0 radical (unpaired) electrons. The highest BCUT2D eigenvalue weighted by atomic mass is 79.9. The Balaban J connectivity index is 2.21. The van der Waals surface area contributed by atoms with Gasteiger partial charge in [-0.25, -0.2) is 9.78 Å². The molecule has 0 aliphatic rings. The van der Waals surface area contributed by atoms with Gasteiger partial charge in [-0.3, -0.25) is 0 Å². The molecule has 0 bridgehead atoms. The molecule has 2 rings (SSSR count). The summed E-state index contributed by atoms with van der Waals surface area (Å²) in [6.45, 7) is 0.0941. The zero-order valence-corrected chi connectivity index (χ0v) is 15.7. The summed E-state index contributed by atoms with van der Waals surface area (Å²) < 4.78 is 16.1. The van der Waals surface area contributed by atoms with Crippen molar-refractivity contribution in [2.24, 2.45) is 0 Å². The predicted octanol–water partition coefficient (Wildman–Crippen LogP) is 4.05. The van der Waals surface area contributed by atoms with Crippen LogP contribution in [0.5, 0.6) is 5.75 Å². The van der Waals surface area contributed by atoms with E-state index in [1.54, 1.807) is 18.3 Å². The first-order chi connectivity index (χ1) is 11.5. The van der Waals surface area contributed by atoms with Gasteiger partial charge in [-0.15, -0.1) is 0 Å². The molecule has 0 N–H and O–H groups in total. The number of methoxy groups -OCH3 is 2. The van der Waals surface area contributed by atoms with Gasteiger partial charge in [-0.1, -0.05) is 17.7 Å². The second kappa shape index (κ2) is 9.01. The first-order valence-electron chi connectivity index (χ1n) is 7.18. The molecule has 7 heteroatoms. The Labute approximate surface area is 154 Å². The average Bonchev–Trinajstić information content (AvgIpc) is 2.60. The highest BCUT2D eigenvalue weighted by molar-refractivity contribution is 9.10. The quantitative estimate of drug-likeness (QED) is 0.389. The largest absolute Gasteiger partial charge is 0.467 e. The van der Waals surface area contributed by atoms with E-state index in [4.69, 9.17) is 25.8 Å². The Kier molecular flexibility index (Phi) is 7.02. The van der Waals surface area contributed by atoms with Crippen molar-refractivity contribution >= 4 is 33.5 Å². The summed E-state index contributed by atoms with van der Waals surface area (Å²) in [6.07, 6.45) is 3.02. The maximum absolute atomic E-state index is 11.7. The number of pyridine rings is 1. The van der Waals surface area contributed by atoms with Crippen molar-refractivity contribution in [2.75, 3.05) is 21.0 Å². The molecule has 0 atom stereocenters. The number of ether oxygens (including phenoxy) is 3. The predicted molar refractivity (Wildman–Crippen MR) is 94.6 cm³/mol. The van der Waals surface area contributed by atoms with Crippen LogP contribution in [0.15, 0.2) is 34.9 Å². The van der Waals surface area contributed by atoms with Gasteiger partial charge in [0.2, 0.25) is 0 Å². The van der Waals surface area contributed by atoms with Gasteiger partial charge >= 0.3 is 5.97 Å². The van der Waals surface area contributed by atoms with Crippen LogP contribution in [0.25, 0.3) is 0 Å². The molecule has 5 nitrogen and oxygen atoms in total. The number of hydrogen-bond donors (Lipinski definition) is 0.